The van der Waals surface area contributed by atoms with Crippen molar-refractivity contribution >= 4 is 57.0 Å². The average molecular weight is 829 g/mol. The van der Waals surface area contributed by atoms with Crippen molar-refractivity contribution in [3.63, 3.8) is 0 Å². The molecule has 0 atom stereocenters. The Hall–Kier alpha value is -6.90. The molecule has 2 nitrogen and oxygen atoms in total. The number of anilines is 6. The molecule has 0 fully saturated rings. The summed E-state index contributed by atoms with van der Waals surface area (Å²) in [6.45, 7) is 16.7. The van der Waals surface area contributed by atoms with Gasteiger partial charge in [0.2, 0.25) is 0 Å². The van der Waals surface area contributed by atoms with Gasteiger partial charge in [-0.25, -0.2) is 0 Å². The van der Waals surface area contributed by atoms with Crippen LogP contribution in [0.15, 0.2) is 218 Å². The van der Waals surface area contributed by atoms with Crippen LogP contribution in [0, 0.1) is 13.8 Å². The van der Waals surface area contributed by atoms with Gasteiger partial charge in [-0.2, -0.15) is 0 Å². The van der Waals surface area contributed by atoms with Crippen LogP contribution in [0.3, 0.4) is 0 Å². The molecule has 0 bridgehead atoms. The van der Waals surface area contributed by atoms with Crippen molar-refractivity contribution in [2.24, 2.45) is 0 Å². The molecule has 8 aromatic rings. The lowest BCUT2D eigenvalue weighted by molar-refractivity contribution is 0.962. The number of rotatable bonds is 11. The van der Waals surface area contributed by atoms with Crippen molar-refractivity contribution in [1.29, 1.82) is 0 Å². The molecule has 0 unspecified atom stereocenters. The van der Waals surface area contributed by atoms with Crippen molar-refractivity contribution in [2.75, 3.05) is 9.80 Å². The molecule has 0 heterocycles. The number of para-hydroxylation sites is 4. The third-order valence-electron chi connectivity index (χ3n) is 10.0. The molecule has 0 aliphatic heterocycles. The van der Waals surface area contributed by atoms with Gasteiger partial charge in [0, 0.05) is 34.1 Å². The van der Waals surface area contributed by atoms with Crippen LogP contribution < -0.4 is 9.80 Å². The summed E-state index contributed by atoms with van der Waals surface area (Å²) < 4.78 is 0. The molecule has 0 saturated carbocycles. The van der Waals surface area contributed by atoms with Gasteiger partial charge in [-0.1, -0.05) is 218 Å². The highest BCUT2D eigenvalue weighted by molar-refractivity contribution is 5.82. The van der Waals surface area contributed by atoms with E-state index in [1.807, 2.05) is 27.7 Å². The zero-order valence-electron chi connectivity index (χ0n) is 39.0. The van der Waals surface area contributed by atoms with E-state index < -0.39 is 0 Å². The van der Waals surface area contributed by atoms with Crippen molar-refractivity contribution < 1.29 is 0 Å². The molecule has 0 amide bonds. The maximum atomic E-state index is 2.31. The van der Waals surface area contributed by atoms with Gasteiger partial charge in [0.05, 0.1) is 0 Å². The van der Waals surface area contributed by atoms with Gasteiger partial charge >= 0.3 is 0 Å². The zero-order valence-corrected chi connectivity index (χ0v) is 39.0. The van der Waals surface area contributed by atoms with E-state index in [2.05, 4.69) is 268 Å². The number of hydrogen-bond donors (Lipinski definition) is 0. The smallest absolute Gasteiger partial charge is 0.0490 e. The fourth-order valence-electron chi connectivity index (χ4n) is 6.88. The second kappa shape index (κ2) is 27.8. The number of aryl methyl sites for hydroxylation is 2. The Morgan fingerprint density at radius 2 is 0.667 bits per heavy atom. The number of allylic oxidation sites excluding steroid dienone is 2. The molecule has 0 aromatic heterocycles. The Morgan fingerprint density at radius 1 is 0.349 bits per heavy atom. The van der Waals surface area contributed by atoms with Crippen LogP contribution in [0.5, 0.6) is 0 Å². The lowest BCUT2D eigenvalue weighted by Crippen LogP contribution is -2.11. The number of nitrogens with zero attached hydrogens (tertiary/aromatic N) is 2. The maximum absolute atomic E-state index is 2.31. The molecule has 0 spiro atoms. The first-order valence-electron chi connectivity index (χ1n) is 22.8. The van der Waals surface area contributed by atoms with E-state index in [4.69, 9.17) is 0 Å². The lowest BCUT2D eigenvalue weighted by atomic mass is 10.1. The molecule has 8 aromatic carbocycles. The number of unbranched alkanes of at least 4 members (excludes halogenated alkanes) is 1. The van der Waals surface area contributed by atoms with E-state index in [1.165, 1.54) is 73.6 Å². The number of fused-ring (bicyclic) bond motifs is 1. The van der Waals surface area contributed by atoms with E-state index in [1.54, 1.807) is 0 Å². The molecule has 63 heavy (non-hydrogen) atoms. The Kier molecular flexibility index (Phi) is 21.6. The van der Waals surface area contributed by atoms with E-state index in [0.29, 0.717) is 0 Å². The predicted molar refractivity (Wildman–Crippen MR) is 282 cm³/mol. The first kappa shape index (κ1) is 48.8. The summed E-state index contributed by atoms with van der Waals surface area (Å²) in [6.07, 6.45) is 12.2. The van der Waals surface area contributed by atoms with Gasteiger partial charge in [-0.3, -0.25) is 0 Å². The summed E-state index contributed by atoms with van der Waals surface area (Å²) in [4.78, 5) is 4.62. The molecule has 0 N–H and O–H groups in total. The third kappa shape index (κ3) is 14.9. The van der Waals surface area contributed by atoms with Gasteiger partial charge in [-0.05, 0) is 120 Å². The Morgan fingerprint density at radius 3 is 1.02 bits per heavy atom. The van der Waals surface area contributed by atoms with Crippen molar-refractivity contribution in [2.45, 2.75) is 74.7 Å². The molecule has 8 rings (SSSR count). The summed E-state index contributed by atoms with van der Waals surface area (Å²) in [5.41, 5.74) is 12.1. The van der Waals surface area contributed by atoms with Crippen LogP contribution in [0.4, 0.5) is 34.1 Å². The SMILES string of the molecule is CC.CC.CCC=Cc1ccc(N(c2ccccc2)c2ccccc2C)cc1.CCCC=Cc1ccc(N(c2ccccc2)c2ccccc2C)cc1.c1ccc2ccccc2c1. The van der Waals surface area contributed by atoms with Crippen molar-refractivity contribution in [3.05, 3.63) is 241 Å². The summed E-state index contributed by atoms with van der Waals surface area (Å²) in [5.74, 6) is 0. The molecular formula is C61H68N2. The van der Waals surface area contributed by atoms with Gasteiger partial charge in [0.25, 0.3) is 0 Å². The monoisotopic (exact) mass is 829 g/mol. The summed E-state index contributed by atoms with van der Waals surface area (Å²) >= 11 is 0. The molecular weight excluding hydrogens is 761 g/mol. The summed E-state index contributed by atoms with van der Waals surface area (Å²) in [5, 5.41) is 2.62. The number of hydrogen-bond acceptors (Lipinski definition) is 2. The van der Waals surface area contributed by atoms with Gasteiger partial charge in [0.15, 0.2) is 0 Å². The molecule has 0 aliphatic rings. The van der Waals surface area contributed by atoms with E-state index in [9.17, 15) is 0 Å². The lowest BCUT2D eigenvalue weighted by Gasteiger charge is -2.27. The minimum atomic E-state index is 1.06. The van der Waals surface area contributed by atoms with Crippen LogP contribution in [-0.2, 0) is 0 Å². The average Bonchev–Trinajstić information content (AvgIpc) is 3.35. The first-order chi connectivity index (χ1) is 31.1. The molecule has 0 aliphatic carbocycles. The fraction of sp³-hybridized carbons (Fsp3) is 0.180. The van der Waals surface area contributed by atoms with Gasteiger partial charge in [0.1, 0.15) is 0 Å². The zero-order chi connectivity index (χ0) is 45.1. The maximum Gasteiger partial charge on any atom is 0.0490 e. The van der Waals surface area contributed by atoms with E-state index in [-0.39, 0.29) is 0 Å². The highest BCUT2D eigenvalue weighted by Gasteiger charge is 2.15. The minimum Gasteiger partial charge on any atom is -0.310 e. The van der Waals surface area contributed by atoms with Crippen molar-refractivity contribution in [3.8, 4) is 0 Å². The Bertz CT molecular complexity index is 2430. The largest absolute Gasteiger partial charge is 0.310 e. The molecule has 0 radical (unpaired) electrons. The Labute approximate surface area is 380 Å². The quantitative estimate of drug-likeness (QED) is 0.128. The van der Waals surface area contributed by atoms with Crippen LogP contribution in [0.1, 0.15) is 83.1 Å². The highest BCUT2D eigenvalue weighted by Crippen LogP contribution is 2.37. The van der Waals surface area contributed by atoms with Crippen LogP contribution in [0.2, 0.25) is 0 Å². The van der Waals surface area contributed by atoms with E-state index in [0.717, 1.165) is 12.8 Å². The second-order valence-corrected chi connectivity index (χ2v) is 14.4. The standard InChI is InChI=1S/C24H25N.C23H23N.C10H8.2C2H6/c1-3-4-6-12-21-16-18-23(19-17-21)25(22-13-7-5-8-14-22)24-15-10-9-11-20(24)2;1-3-4-11-20-15-17-22(18-16-20)24(21-12-6-5-7-13-21)23-14-9-8-10-19(23)2;1-2-6-10-8-4-3-7-9(10)5-1;2*1-2/h5-19H,3-4H2,1-2H3;4-18H,3H2,1-2H3;1-8H;2*1-2H3. The van der Waals surface area contributed by atoms with Crippen LogP contribution in [-0.4, -0.2) is 0 Å². The first-order valence-corrected chi connectivity index (χ1v) is 22.8. The molecule has 0 saturated heterocycles. The highest BCUT2D eigenvalue weighted by atomic mass is 15.1. The molecule has 2 heteroatoms. The van der Waals surface area contributed by atoms with E-state index >= 15 is 0 Å². The molecule has 322 valence electrons. The van der Waals surface area contributed by atoms with Crippen molar-refractivity contribution in [1.82, 2.24) is 0 Å². The predicted octanol–water partition coefficient (Wildman–Crippen LogP) is 19.1. The summed E-state index contributed by atoms with van der Waals surface area (Å²) in [7, 11) is 0. The summed E-state index contributed by atoms with van der Waals surface area (Å²) in [6, 6.07) is 72.3. The normalized spacial score (nSPS) is 10.3. The van der Waals surface area contributed by atoms with Crippen LogP contribution in [0.25, 0.3) is 22.9 Å². The minimum absolute atomic E-state index is 1.06. The number of benzene rings is 8. The van der Waals surface area contributed by atoms with Crippen LogP contribution >= 0.6 is 0 Å². The third-order valence-corrected chi connectivity index (χ3v) is 10.0. The van der Waals surface area contributed by atoms with Gasteiger partial charge < -0.3 is 9.80 Å². The Balaban J connectivity index is 0.000000214. The second-order valence-electron chi connectivity index (χ2n) is 14.4. The fourth-order valence-corrected chi connectivity index (χ4v) is 6.88. The van der Waals surface area contributed by atoms with Gasteiger partial charge in [-0.15, -0.1) is 0 Å². The topological polar surface area (TPSA) is 6.48 Å².